The van der Waals surface area contributed by atoms with E-state index in [0.717, 1.165) is 17.9 Å². The smallest absolute Gasteiger partial charge is 0.118 e. The van der Waals surface area contributed by atoms with Gasteiger partial charge in [-0.1, -0.05) is 32.1 Å². The van der Waals surface area contributed by atoms with Crippen molar-refractivity contribution in [1.82, 2.24) is 0 Å². The number of hydrogen-bond donors (Lipinski definition) is 0. The second kappa shape index (κ2) is 5.52. The van der Waals surface area contributed by atoms with Crippen LogP contribution in [0.15, 0.2) is 48.3 Å². The fourth-order valence-corrected chi connectivity index (χ4v) is 2.52. The van der Waals surface area contributed by atoms with Crippen LogP contribution in [0.3, 0.4) is 0 Å². The van der Waals surface area contributed by atoms with Gasteiger partial charge in [0.05, 0.1) is 14.2 Å². The molecule has 0 amide bonds. The number of benzene rings is 1. The van der Waals surface area contributed by atoms with Gasteiger partial charge >= 0.3 is 0 Å². The van der Waals surface area contributed by atoms with Crippen molar-refractivity contribution in [3.8, 4) is 5.75 Å². The van der Waals surface area contributed by atoms with Gasteiger partial charge in [0.15, 0.2) is 0 Å². The van der Waals surface area contributed by atoms with Crippen molar-refractivity contribution in [1.29, 1.82) is 0 Å². The highest BCUT2D eigenvalue weighted by Crippen LogP contribution is 2.37. The Kier molecular flexibility index (Phi) is 3.98. The molecule has 1 atom stereocenters. The molecule has 1 aromatic rings. The standard InChI is InChI=1S/C17H22O2/c1-17(2,13-5-9-15(18-3)10-6-13)14-7-11-16(19-4)12-8-14/h5-7,9-12,14H,8H2,1-4H3. The third-order valence-electron chi connectivity index (χ3n) is 4.06. The normalized spacial score (nSPS) is 18.9. The summed E-state index contributed by atoms with van der Waals surface area (Å²) >= 11 is 0. The van der Waals surface area contributed by atoms with E-state index >= 15 is 0 Å². The maximum atomic E-state index is 5.25. The zero-order valence-corrected chi connectivity index (χ0v) is 12.1. The van der Waals surface area contributed by atoms with Gasteiger partial charge in [-0.05, 0) is 47.6 Å². The molecule has 19 heavy (non-hydrogen) atoms. The molecule has 1 aliphatic rings. The zero-order chi connectivity index (χ0) is 13.9. The predicted molar refractivity (Wildman–Crippen MR) is 78.4 cm³/mol. The molecule has 0 heterocycles. The summed E-state index contributed by atoms with van der Waals surface area (Å²) in [5, 5.41) is 0. The summed E-state index contributed by atoms with van der Waals surface area (Å²) in [4.78, 5) is 0. The van der Waals surface area contributed by atoms with Crippen LogP contribution >= 0.6 is 0 Å². The molecular weight excluding hydrogens is 236 g/mol. The highest BCUT2D eigenvalue weighted by Gasteiger charge is 2.30. The van der Waals surface area contributed by atoms with E-state index in [4.69, 9.17) is 9.47 Å². The quantitative estimate of drug-likeness (QED) is 0.810. The van der Waals surface area contributed by atoms with Gasteiger partial charge in [-0.15, -0.1) is 0 Å². The average Bonchev–Trinajstić information content (AvgIpc) is 2.47. The molecule has 0 bridgehead atoms. The van der Waals surface area contributed by atoms with Crippen molar-refractivity contribution in [2.24, 2.45) is 5.92 Å². The summed E-state index contributed by atoms with van der Waals surface area (Å²) in [6.45, 7) is 4.57. The molecule has 0 saturated carbocycles. The monoisotopic (exact) mass is 258 g/mol. The van der Waals surface area contributed by atoms with Crippen LogP contribution in [0.1, 0.15) is 25.8 Å². The lowest BCUT2D eigenvalue weighted by Crippen LogP contribution is -2.28. The van der Waals surface area contributed by atoms with E-state index in [1.54, 1.807) is 14.2 Å². The SMILES string of the molecule is COC1=CCC(C(C)(C)c2ccc(OC)cc2)C=C1. The average molecular weight is 258 g/mol. The van der Waals surface area contributed by atoms with Gasteiger partial charge in [0.2, 0.25) is 0 Å². The molecule has 0 spiro atoms. The molecule has 1 unspecified atom stereocenters. The molecule has 0 N–H and O–H groups in total. The van der Waals surface area contributed by atoms with Crippen LogP contribution in [-0.4, -0.2) is 14.2 Å². The van der Waals surface area contributed by atoms with Gasteiger partial charge in [-0.25, -0.2) is 0 Å². The Bertz CT molecular complexity index is 480. The first-order valence-electron chi connectivity index (χ1n) is 6.65. The van der Waals surface area contributed by atoms with E-state index in [9.17, 15) is 0 Å². The Labute approximate surface area is 115 Å². The Morgan fingerprint density at radius 2 is 1.74 bits per heavy atom. The lowest BCUT2D eigenvalue weighted by molar-refractivity contribution is 0.294. The van der Waals surface area contributed by atoms with Crippen molar-refractivity contribution in [3.05, 3.63) is 53.8 Å². The van der Waals surface area contributed by atoms with Crippen molar-refractivity contribution < 1.29 is 9.47 Å². The minimum absolute atomic E-state index is 0.0958. The molecule has 0 fully saturated rings. The third kappa shape index (κ3) is 2.83. The zero-order valence-electron chi connectivity index (χ0n) is 12.1. The number of hydrogen-bond acceptors (Lipinski definition) is 2. The number of allylic oxidation sites excluding steroid dienone is 3. The molecule has 2 rings (SSSR count). The van der Waals surface area contributed by atoms with Crippen molar-refractivity contribution in [2.75, 3.05) is 14.2 Å². The minimum atomic E-state index is 0.0958. The van der Waals surface area contributed by atoms with E-state index in [1.165, 1.54) is 5.56 Å². The lowest BCUT2D eigenvalue weighted by atomic mass is 9.71. The molecule has 2 heteroatoms. The fraction of sp³-hybridized carbons (Fsp3) is 0.412. The van der Waals surface area contributed by atoms with Crippen LogP contribution in [-0.2, 0) is 10.2 Å². The maximum absolute atomic E-state index is 5.25. The second-order valence-corrected chi connectivity index (χ2v) is 5.46. The van der Waals surface area contributed by atoms with Crippen LogP contribution in [0.25, 0.3) is 0 Å². The predicted octanol–water partition coefficient (Wildman–Crippen LogP) is 4.08. The molecule has 102 valence electrons. The van der Waals surface area contributed by atoms with Gasteiger partial charge in [0.25, 0.3) is 0 Å². The van der Waals surface area contributed by atoms with Gasteiger partial charge in [-0.2, -0.15) is 0 Å². The summed E-state index contributed by atoms with van der Waals surface area (Å²) in [5.41, 5.74) is 1.43. The third-order valence-corrected chi connectivity index (χ3v) is 4.06. The molecule has 0 radical (unpaired) electrons. The topological polar surface area (TPSA) is 18.5 Å². The molecule has 0 aliphatic heterocycles. The molecule has 2 nitrogen and oxygen atoms in total. The summed E-state index contributed by atoms with van der Waals surface area (Å²) in [5.74, 6) is 2.35. The van der Waals surface area contributed by atoms with Crippen LogP contribution in [0.5, 0.6) is 5.75 Å². The summed E-state index contributed by atoms with van der Waals surface area (Å²) in [6.07, 6.45) is 7.50. The van der Waals surface area contributed by atoms with E-state index in [-0.39, 0.29) is 5.41 Å². The first kappa shape index (κ1) is 13.7. The molecular formula is C17H22O2. The highest BCUT2D eigenvalue weighted by molar-refractivity contribution is 5.34. The van der Waals surface area contributed by atoms with Crippen LogP contribution in [0.2, 0.25) is 0 Å². The van der Waals surface area contributed by atoms with Crippen molar-refractivity contribution >= 4 is 0 Å². The minimum Gasteiger partial charge on any atom is -0.497 e. The maximum Gasteiger partial charge on any atom is 0.118 e. The van der Waals surface area contributed by atoms with Gasteiger partial charge in [0.1, 0.15) is 11.5 Å². The summed E-state index contributed by atoms with van der Waals surface area (Å²) in [6, 6.07) is 8.37. The second-order valence-electron chi connectivity index (χ2n) is 5.46. The Balaban J connectivity index is 2.18. The van der Waals surface area contributed by atoms with E-state index in [1.807, 2.05) is 12.1 Å². The molecule has 1 aliphatic carbocycles. The Morgan fingerprint density at radius 1 is 1.05 bits per heavy atom. The van der Waals surface area contributed by atoms with Crippen LogP contribution in [0, 0.1) is 5.92 Å². The summed E-state index contributed by atoms with van der Waals surface area (Å²) < 4.78 is 10.5. The first-order valence-corrected chi connectivity index (χ1v) is 6.65. The summed E-state index contributed by atoms with van der Waals surface area (Å²) in [7, 11) is 3.41. The van der Waals surface area contributed by atoms with Crippen LogP contribution in [0.4, 0.5) is 0 Å². The fourth-order valence-electron chi connectivity index (χ4n) is 2.52. The highest BCUT2D eigenvalue weighted by atomic mass is 16.5. The number of ether oxygens (including phenoxy) is 2. The molecule has 0 saturated heterocycles. The molecule has 0 aromatic heterocycles. The van der Waals surface area contributed by atoms with Gasteiger partial charge in [0, 0.05) is 0 Å². The van der Waals surface area contributed by atoms with Crippen molar-refractivity contribution in [3.63, 3.8) is 0 Å². The van der Waals surface area contributed by atoms with E-state index in [0.29, 0.717) is 5.92 Å². The number of rotatable bonds is 4. The largest absolute Gasteiger partial charge is 0.497 e. The first-order chi connectivity index (χ1) is 9.07. The Morgan fingerprint density at radius 3 is 2.21 bits per heavy atom. The lowest BCUT2D eigenvalue weighted by Gasteiger charge is -2.34. The van der Waals surface area contributed by atoms with E-state index in [2.05, 4.69) is 44.2 Å². The van der Waals surface area contributed by atoms with Crippen molar-refractivity contribution in [2.45, 2.75) is 25.7 Å². The van der Waals surface area contributed by atoms with Gasteiger partial charge < -0.3 is 9.47 Å². The van der Waals surface area contributed by atoms with E-state index < -0.39 is 0 Å². The number of methoxy groups -OCH3 is 2. The molecule has 1 aromatic carbocycles. The Hall–Kier alpha value is -1.70. The van der Waals surface area contributed by atoms with Gasteiger partial charge in [-0.3, -0.25) is 0 Å². The van der Waals surface area contributed by atoms with Crippen LogP contribution < -0.4 is 4.74 Å².